The zero-order valence-electron chi connectivity index (χ0n) is 20.4. The predicted molar refractivity (Wildman–Crippen MR) is 125 cm³/mol. The Hall–Kier alpha value is -0.850. The second-order valence-corrected chi connectivity index (χ2v) is 13.0. The maximum atomic E-state index is 12.2. The highest BCUT2D eigenvalue weighted by Gasteiger charge is 2.75. The fraction of sp³-hybridized carbons (Fsp3) is 0.828. The molecule has 0 bridgehead atoms. The van der Waals surface area contributed by atoms with Gasteiger partial charge in [0.05, 0.1) is 0 Å². The lowest BCUT2D eigenvalue weighted by atomic mass is 9.47. The highest BCUT2D eigenvalue weighted by atomic mass is 16.1. The van der Waals surface area contributed by atoms with Crippen molar-refractivity contribution >= 4 is 5.78 Å². The van der Waals surface area contributed by atoms with Gasteiger partial charge in [-0.15, -0.1) is 0 Å². The zero-order chi connectivity index (χ0) is 21.5. The van der Waals surface area contributed by atoms with Crippen LogP contribution in [0.2, 0.25) is 0 Å². The third-order valence-electron chi connectivity index (χ3n) is 11.8. The van der Waals surface area contributed by atoms with E-state index in [9.17, 15) is 4.79 Å². The minimum Gasteiger partial charge on any atom is -0.300 e. The van der Waals surface area contributed by atoms with E-state index in [0.29, 0.717) is 39.3 Å². The van der Waals surface area contributed by atoms with Gasteiger partial charge >= 0.3 is 0 Å². The maximum absolute atomic E-state index is 12.2. The molecule has 0 amide bonds. The largest absolute Gasteiger partial charge is 0.300 e. The zero-order valence-corrected chi connectivity index (χ0v) is 20.4. The molecule has 0 aliphatic heterocycles. The van der Waals surface area contributed by atoms with Gasteiger partial charge in [0, 0.05) is 12.8 Å². The molecule has 8 atom stereocenters. The third kappa shape index (κ3) is 2.56. The quantitative estimate of drug-likeness (QED) is 0.434. The lowest BCUT2D eigenvalue weighted by Crippen LogP contribution is -2.50. The van der Waals surface area contributed by atoms with Crippen LogP contribution in [0.1, 0.15) is 99.3 Å². The molecule has 0 radical (unpaired) electrons. The average molecular weight is 409 g/mol. The van der Waals surface area contributed by atoms with E-state index < -0.39 is 0 Å². The van der Waals surface area contributed by atoms with Crippen molar-refractivity contribution in [1.82, 2.24) is 0 Å². The number of fused-ring (bicyclic) bond motifs is 3. The maximum Gasteiger partial charge on any atom is 0.133 e. The van der Waals surface area contributed by atoms with E-state index in [0.717, 1.165) is 37.0 Å². The SMILES string of the molecule is CC(C)[C@H](C)/C=C/[C@@H](C)[C@H]1CC[C@@]2(C)[C@@H]3CC[C@]45CC(=O)CC[C@]4(C5)C3=CC[C@]12C. The monoisotopic (exact) mass is 408 g/mol. The van der Waals surface area contributed by atoms with E-state index in [1.54, 1.807) is 0 Å². The molecule has 4 saturated carbocycles. The minimum absolute atomic E-state index is 0.385. The number of Topliss-reactive ketones (excluding diaryl/α,β-unsaturated/α-hetero) is 1. The molecule has 0 unspecified atom stereocenters. The molecule has 166 valence electrons. The van der Waals surface area contributed by atoms with Gasteiger partial charge in [0.1, 0.15) is 5.78 Å². The first kappa shape index (κ1) is 21.0. The summed E-state index contributed by atoms with van der Waals surface area (Å²) in [6, 6.07) is 0. The Bertz CT molecular complexity index is 803. The van der Waals surface area contributed by atoms with Gasteiger partial charge in [0.2, 0.25) is 0 Å². The van der Waals surface area contributed by atoms with Gasteiger partial charge in [-0.05, 0) is 96.2 Å². The number of allylic oxidation sites excluding steroid dienone is 4. The number of ketones is 1. The molecular weight excluding hydrogens is 364 g/mol. The van der Waals surface area contributed by atoms with Crippen LogP contribution in [0.15, 0.2) is 23.8 Å². The summed E-state index contributed by atoms with van der Waals surface area (Å²) in [5.74, 6) is 4.18. The Morgan fingerprint density at radius 3 is 2.50 bits per heavy atom. The van der Waals surface area contributed by atoms with Gasteiger partial charge in [0.15, 0.2) is 0 Å². The molecule has 0 spiro atoms. The van der Waals surface area contributed by atoms with Gasteiger partial charge in [0.25, 0.3) is 0 Å². The summed E-state index contributed by atoms with van der Waals surface area (Å²) in [7, 11) is 0. The number of rotatable bonds is 4. The molecule has 5 aliphatic carbocycles. The fourth-order valence-electron chi connectivity index (χ4n) is 9.13. The minimum atomic E-state index is 0.385. The van der Waals surface area contributed by atoms with Crippen molar-refractivity contribution in [2.24, 2.45) is 51.2 Å². The van der Waals surface area contributed by atoms with E-state index in [4.69, 9.17) is 0 Å². The van der Waals surface area contributed by atoms with E-state index >= 15 is 0 Å². The van der Waals surface area contributed by atoms with Gasteiger partial charge < -0.3 is 0 Å². The third-order valence-corrected chi connectivity index (χ3v) is 11.8. The fourth-order valence-corrected chi connectivity index (χ4v) is 9.13. The molecule has 0 saturated heterocycles. The molecule has 1 nitrogen and oxygen atoms in total. The Balaban J connectivity index is 1.43. The average Bonchev–Trinajstić information content (AvgIpc) is 3.30. The number of carbonyl (C=O) groups excluding carboxylic acids is 1. The topological polar surface area (TPSA) is 17.1 Å². The van der Waals surface area contributed by atoms with Gasteiger partial charge in [-0.3, -0.25) is 4.79 Å². The summed E-state index contributed by atoms with van der Waals surface area (Å²) in [5, 5.41) is 0. The smallest absolute Gasteiger partial charge is 0.133 e. The van der Waals surface area contributed by atoms with Crippen LogP contribution in [0.25, 0.3) is 0 Å². The molecule has 0 aromatic rings. The van der Waals surface area contributed by atoms with Crippen molar-refractivity contribution in [2.75, 3.05) is 0 Å². The van der Waals surface area contributed by atoms with Crippen molar-refractivity contribution in [2.45, 2.75) is 99.3 Å². The standard InChI is InChI=1S/C29H44O/c1-19(2)20(3)7-8-21(4)23-10-13-27(6)24-12-15-28-17-22(30)9-16-29(28,18-28)25(24)11-14-26(23,27)5/h7-8,11,19-21,23-24H,9-10,12-18H2,1-6H3/b8-7+/t20-,21-,23-,24-,26-,27+,28-,29+/m1/s1. The van der Waals surface area contributed by atoms with Crippen LogP contribution in [0.5, 0.6) is 0 Å². The first-order valence-electron chi connectivity index (χ1n) is 13.0. The Kier molecular flexibility index (Phi) is 4.61. The first-order valence-corrected chi connectivity index (χ1v) is 13.0. The molecule has 0 aromatic carbocycles. The van der Waals surface area contributed by atoms with Crippen LogP contribution in [-0.2, 0) is 4.79 Å². The molecule has 1 heteroatoms. The summed E-state index contributed by atoms with van der Waals surface area (Å²) < 4.78 is 0. The molecule has 0 N–H and O–H groups in total. The Labute approximate surface area is 185 Å². The lowest BCUT2D eigenvalue weighted by Gasteiger charge is -2.57. The molecule has 30 heavy (non-hydrogen) atoms. The molecule has 0 aromatic heterocycles. The summed E-state index contributed by atoms with van der Waals surface area (Å²) in [5.41, 5.74) is 3.51. The number of hydrogen-bond acceptors (Lipinski definition) is 1. The van der Waals surface area contributed by atoms with E-state index in [1.165, 1.54) is 38.5 Å². The summed E-state index contributed by atoms with van der Waals surface area (Å²) in [6.45, 7) is 14.8. The second kappa shape index (κ2) is 6.58. The number of carbonyl (C=O) groups is 1. The van der Waals surface area contributed by atoms with Crippen molar-refractivity contribution < 1.29 is 4.79 Å². The van der Waals surface area contributed by atoms with E-state index in [1.807, 2.05) is 5.57 Å². The lowest BCUT2D eigenvalue weighted by molar-refractivity contribution is -0.123. The molecule has 5 aliphatic rings. The van der Waals surface area contributed by atoms with Gasteiger partial charge in [-0.25, -0.2) is 0 Å². The highest BCUT2D eigenvalue weighted by Crippen LogP contribution is 2.83. The first-order chi connectivity index (χ1) is 14.1. The van der Waals surface area contributed by atoms with Crippen LogP contribution in [0.3, 0.4) is 0 Å². The highest BCUT2D eigenvalue weighted by molar-refractivity contribution is 5.82. The normalized spacial score (nSPS) is 49.2. The van der Waals surface area contributed by atoms with Crippen molar-refractivity contribution in [3.63, 3.8) is 0 Å². The van der Waals surface area contributed by atoms with Gasteiger partial charge in [-0.2, -0.15) is 0 Å². The van der Waals surface area contributed by atoms with Gasteiger partial charge in [-0.1, -0.05) is 65.3 Å². The molecular formula is C29H44O. The second-order valence-electron chi connectivity index (χ2n) is 13.0. The molecule has 0 heterocycles. The Morgan fingerprint density at radius 2 is 1.77 bits per heavy atom. The number of hydrogen-bond donors (Lipinski definition) is 0. The molecule has 5 rings (SSSR count). The summed E-state index contributed by atoms with van der Waals surface area (Å²) >= 11 is 0. The van der Waals surface area contributed by atoms with Crippen LogP contribution in [-0.4, -0.2) is 5.78 Å². The van der Waals surface area contributed by atoms with E-state index in [-0.39, 0.29) is 0 Å². The Morgan fingerprint density at radius 1 is 1.00 bits per heavy atom. The predicted octanol–water partition coefficient (Wildman–Crippen LogP) is 7.76. The van der Waals surface area contributed by atoms with Crippen LogP contribution >= 0.6 is 0 Å². The summed E-state index contributed by atoms with van der Waals surface area (Å²) in [4.78, 5) is 12.2. The van der Waals surface area contributed by atoms with Crippen molar-refractivity contribution in [1.29, 1.82) is 0 Å². The van der Waals surface area contributed by atoms with Crippen molar-refractivity contribution in [3.8, 4) is 0 Å². The van der Waals surface area contributed by atoms with E-state index in [2.05, 4.69) is 59.8 Å². The summed E-state index contributed by atoms with van der Waals surface area (Å²) in [6.07, 6.45) is 18.7. The molecule has 4 fully saturated rings. The van der Waals surface area contributed by atoms with Crippen LogP contribution in [0.4, 0.5) is 0 Å². The van der Waals surface area contributed by atoms with Crippen molar-refractivity contribution in [3.05, 3.63) is 23.8 Å². The van der Waals surface area contributed by atoms with Crippen LogP contribution in [0, 0.1) is 51.2 Å². The van der Waals surface area contributed by atoms with Crippen LogP contribution < -0.4 is 0 Å².